The van der Waals surface area contributed by atoms with Gasteiger partial charge in [0.1, 0.15) is 11.6 Å². The van der Waals surface area contributed by atoms with E-state index in [-0.39, 0.29) is 17.3 Å². The Hall–Kier alpha value is -2.43. The van der Waals surface area contributed by atoms with Crippen molar-refractivity contribution in [2.45, 2.75) is 6.92 Å². The number of hydrogen-bond acceptors (Lipinski definition) is 3. The maximum absolute atomic E-state index is 12.7. The van der Waals surface area contributed by atoms with Crippen LogP contribution in [0.2, 0.25) is 0 Å². The molecule has 4 nitrogen and oxygen atoms in total. The molecule has 1 N–H and O–H groups in total. The first kappa shape index (κ1) is 12.0. The molecule has 92 valence electrons. The molecule has 0 saturated carbocycles. The van der Waals surface area contributed by atoms with Crippen molar-refractivity contribution in [2.75, 3.05) is 0 Å². The first-order chi connectivity index (χ1) is 8.56. The van der Waals surface area contributed by atoms with Crippen LogP contribution in [-0.2, 0) is 0 Å². The van der Waals surface area contributed by atoms with E-state index >= 15 is 0 Å². The molecule has 2 aromatic rings. The van der Waals surface area contributed by atoms with E-state index < -0.39 is 5.97 Å². The van der Waals surface area contributed by atoms with E-state index in [1.54, 1.807) is 6.92 Å². The van der Waals surface area contributed by atoms with E-state index in [2.05, 4.69) is 4.98 Å². The van der Waals surface area contributed by atoms with Gasteiger partial charge >= 0.3 is 5.97 Å². The van der Waals surface area contributed by atoms with Crippen molar-refractivity contribution in [3.8, 4) is 11.6 Å². The minimum atomic E-state index is -1.03. The summed E-state index contributed by atoms with van der Waals surface area (Å²) in [5.41, 5.74) is 0.489. The monoisotopic (exact) mass is 247 g/mol. The van der Waals surface area contributed by atoms with Gasteiger partial charge in [-0.15, -0.1) is 0 Å². The minimum absolute atomic E-state index is 0.126. The van der Waals surface area contributed by atoms with Gasteiger partial charge < -0.3 is 9.84 Å². The zero-order valence-corrected chi connectivity index (χ0v) is 9.55. The van der Waals surface area contributed by atoms with Crippen molar-refractivity contribution < 1.29 is 19.0 Å². The number of hydrogen-bond donors (Lipinski definition) is 1. The van der Waals surface area contributed by atoms with Crippen molar-refractivity contribution in [2.24, 2.45) is 0 Å². The van der Waals surface area contributed by atoms with Crippen LogP contribution in [0.4, 0.5) is 4.39 Å². The third kappa shape index (κ3) is 2.63. The second kappa shape index (κ2) is 4.83. The highest BCUT2D eigenvalue weighted by molar-refractivity contribution is 5.88. The van der Waals surface area contributed by atoms with Crippen molar-refractivity contribution in [1.29, 1.82) is 0 Å². The molecule has 18 heavy (non-hydrogen) atoms. The average Bonchev–Trinajstić information content (AvgIpc) is 2.32. The van der Waals surface area contributed by atoms with Gasteiger partial charge in [-0.2, -0.15) is 0 Å². The van der Waals surface area contributed by atoms with Crippen molar-refractivity contribution in [3.05, 3.63) is 53.5 Å². The topological polar surface area (TPSA) is 59.4 Å². The van der Waals surface area contributed by atoms with Gasteiger partial charge in [-0.3, -0.25) is 0 Å². The molecule has 0 saturated heterocycles. The predicted octanol–water partition coefficient (Wildman–Crippen LogP) is 3.02. The second-order valence-electron chi connectivity index (χ2n) is 3.64. The largest absolute Gasteiger partial charge is 0.478 e. The number of aromatic nitrogens is 1. The highest BCUT2D eigenvalue weighted by atomic mass is 19.1. The number of aryl methyl sites for hydroxylation is 1. The van der Waals surface area contributed by atoms with Crippen LogP contribution in [0.3, 0.4) is 0 Å². The lowest BCUT2D eigenvalue weighted by molar-refractivity contribution is 0.0695. The van der Waals surface area contributed by atoms with Crippen LogP contribution in [0, 0.1) is 12.7 Å². The lowest BCUT2D eigenvalue weighted by Gasteiger charge is -2.06. The van der Waals surface area contributed by atoms with Gasteiger partial charge in [-0.05, 0) is 37.3 Å². The molecule has 1 aromatic carbocycles. The number of nitrogens with zero attached hydrogens (tertiary/aromatic N) is 1. The standard InChI is InChI=1S/C13H10FNO3/c1-8-11(13(16)17)6-7-12(15-8)18-10-4-2-9(14)3-5-10/h2-7H,1H3,(H,16,17). The van der Waals surface area contributed by atoms with Gasteiger partial charge in [0.05, 0.1) is 11.3 Å². The van der Waals surface area contributed by atoms with E-state index in [9.17, 15) is 9.18 Å². The third-order valence-corrected chi connectivity index (χ3v) is 2.33. The molecule has 5 heteroatoms. The summed E-state index contributed by atoms with van der Waals surface area (Å²) in [6, 6.07) is 8.36. The first-order valence-corrected chi connectivity index (χ1v) is 5.20. The summed E-state index contributed by atoms with van der Waals surface area (Å²) in [4.78, 5) is 14.8. The van der Waals surface area contributed by atoms with Gasteiger partial charge in [0.25, 0.3) is 0 Å². The van der Waals surface area contributed by atoms with Crippen molar-refractivity contribution >= 4 is 5.97 Å². The number of carboxylic acids is 1. The normalized spacial score (nSPS) is 10.1. The first-order valence-electron chi connectivity index (χ1n) is 5.20. The Balaban J connectivity index is 2.22. The zero-order valence-electron chi connectivity index (χ0n) is 9.55. The van der Waals surface area contributed by atoms with Gasteiger partial charge in [-0.1, -0.05) is 0 Å². The Labute approximate surface area is 103 Å². The molecule has 0 aliphatic rings. The number of carbonyl (C=O) groups is 1. The Bertz CT molecular complexity index is 581. The van der Waals surface area contributed by atoms with E-state index in [1.807, 2.05) is 0 Å². The van der Waals surface area contributed by atoms with Gasteiger partial charge in [-0.25, -0.2) is 14.2 Å². The molecule has 0 atom stereocenters. The van der Waals surface area contributed by atoms with Crippen LogP contribution in [0.5, 0.6) is 11.6 Å². The number of pyridine rings is 1. The molecule has 0 amide bonds. The third-order valence-electron chi connectivity index (χ3n) is 2.33. The minimum Gasteiger partial charge on any atom is -0.478 e. The number of rotatable bonds is 3. The van der Waals surface area contributed by atoms with Crippen molar-refractivity contribution in [3.63, 3.8) is 0 Å². The van der Waals surface area contributed by atoms with Gasteiger partial charge in [0.15, 0.2) is 0 Å². The molecule has 0 fully saturated rings. The number of benzene rings is 1. The van der Waals surface area contributed by atoms with Crippen LogP contribution < -0.4 is 4.74 Å². The number of aromatic carboxylic acids is 1. The van der Waals surface area contributed by atoms with Crippen LogP contribution in [0.25, 0.3) is 0 Å². The quantitative estimate of drug-likeness (QED) is 0.905. The fourth-order valence-electron chi connectivity index (χ4n) is 1.44. The molecule has 0 radical (unpaired) electrons. The van der Waals surface area contributed by atoms with Crippen LogP contribution in [0.1, 0.15) is 16.1 Å². The molecule has 1 heterocycles. The maximum Gasteiger partial charge on any atom is 0.337 e. The molecule has 0 unspecified atom stereocenters. The molecule has 0 spiro atoms. The SMILES string of the molecule is Cc1nc(Oc2ccc(F)cc2)ccc1C(=O)O. The van der Waals surface area contributed by atoms with E-state index in [1.165, 1.54) is 36.4 Å². The van der Waals surface area contributed by atoms with Gasteiger partial charge in [0.2, 0.25) is 5.88 Å². The Morgan fingerprint density at radius 3 is 2.44 bits per heavy atom. The zero-order chi connectivity index (χ0) is 13.1. The summed E-state index contributed by atoms with van der Waals surface area (Å²) in [6.07, 6.45) is 0. The lowest BCUT2D eigenvalue weighted by atomic mass is 10.2. The average molecular weight is 247 g/mol. The molecular weight excluding hydrogens is 237 g/mol. The number of ether oxygens (including phenoxy) is 1. The Morgan fingerprint density at radius 1 is 1.22 bits per heavy atom. The van der Waals surface area contributed by atoms with Crippen LogP contribution in [-0.4, -0.2) is 16.1 Å². The molecule has 0 bridgehead atoms. The molecule has 0 aliphatic carbocycles. The molecular formula is C13H10FNO3. The fraction of sp³-hybridized carbons (Fsp3) is 0.0769. The highest BCUT2D eigenvalue weighted by Crippen LogP contribution is 2.20. The Kier molecular flexibility index (Phi) is 3.23. The fourth-order valence-corrected chi connectivity index (χ4v) is 1.44. The highest BCUT2D eigenvalue weighted by Gasteiger charge is 2.09. The van der Waals surface area contributed by atoms with Crippen LogP contribution in [0.15, 0.2) is 36.4 Å². The summed E-state index contributed by atoms with van der Waals surface area (Å²) >= 11 is 0. The molecule has 0 aliphatic heterocycles. The second-order valence-corrected chi connectivity index (χ2v) is 3.64. The predicted molar refractivity (Wildman–Crippen MR) is 62.4 cm³/mol. The van der Waals surface area contributed by atoms with Crippen molar-refractivity contribution in [1.82, 2.24) is 4.98 Å². The number of carboxylic acid groups (broad SMARTS) is 1. The molecule has 1 aromatic heterocycles. The smallest absolute Gasteiger partial charge is 0.337 e. The van der Waals surface area contributed by atoms with E-state index in [0.717, 1.165) is 0 Å². The summed E-state index contributed by atoms with van der Waals surface area (Å²) < 4.78 is 18.1. The van der Waals surface area contributed by atoms with E-state index in [4.69, 9.17) is 9.84 Å². The van der Waals surface area contributed by atoms with Gasteiger partial charge in [0, 0.05) is 6.07 Å². The summed E-state index contributed by atoms with van der Waals surface area (Å²) in [7, 11) is 0. The van der Waals surface area contributed by atoms with Crippen LogP contribution >= 0.6 is 0 Å². The molecule has 2 rings (SSSR count). The summed E-state index contributed by atoms with van der Waals surface area (Å²) in [5, 5.41) is 8.85. The lowest BCUT2D eigenvalue weighted by Crippen LogP contribution is -2.02. The maximum atomic E-state index is 12.7. The van der Waals surface area contributed by atoms with E-state index in [0.29, 0.717) is 11.4 Å². The summed E-state index contributed by atoms with van der Waals surface area (Å²) in [6.45, 7) is 1.58. The number of halogens is 1. The summed E-state index contributed by atoms with van der Waals surface area (Å²) in [5.74, 6) is -0.684. The Morgan fingerprint density at radius 2 is 1.89 bits per heavy atom.